The minimum atomic E-state index is 0.248. The van der Waals surface area contributed by atoms with Crippen molar-refractivity contribution in [3.05, 3.63) is 0 Å². The first-order valence-corrected chi connectivity index (χ1v) is 5.63. The second kappa shape index (κ2) is 5.72. The van der Waals surface area contributed by atoms with Crippen molar-refractivity contribution >= 4 is 0 Å². The number of ether oxygens (including phenoxy) is 1. The van der Waals surface area contributed by atoms with Gasteiger partial charge in [-0.2, -0.15) is 0 Å². The Bertz CT molecular complexity index is 151. The molecule has 0 aromatic carbocycles. The lowest BCUT2D eigenvalue weighted by molar-refractivity contribution is -0.00892. The molecule has 0 radical (unpaired) electrons. The quantitative estimate of drug-likeness (QED) is 0.713. The maximum absolute atomic E-state index is 5.38. The van der Waals surface area contributed by atoms with Gasteiger partial charge >= 0.3 is 0 Å². The van der Waals surface area contributed by atoms with E-state index in [9.17, 15) is 0 Å². The van der Waals surface area contributed by atoms with Crippen LogP contribution in [-0.4, -0.2) is 26.8 Å². The molecular weight excluding hydrogens is 174 g/mol. The predicted octanol–water partition coefficient (Wildman–Crippen LogP) is 2.68. The molecule has 1 unspecified atom stereocenters. The average molecular weight is 201 g/mol. The van der Waals surface area contributed by atoms with Crippen molar-refractivity contribution in [1.29, 1.82) is 0 Å². The molecule has 86 valence electrons. The predicted molar refractivity (Wildman–Crippen MR) is 62.6 cm³/mol. The average Bonchev–Trinajstić information content (AvgIpc) is 2.10. The van der Waals surface area contributed by atoms with E-state index in [2.05, 4.69) is 39.9 Å². The molecule has 0 heterocycles. The van der Waals surface area contributed by atoms with Gasteiger partial charge in [-0.15, -0.1) is 0 Å². The molecule has 14 heavy (non-hydrogen) atoms. The van der Waals surface area contributed by atoms with E-state index >= 15 is 0 Å². The van der Waals surface area contributed by atoms with Crippen molar-refractivity contribution in [3.8, 4) is 0 Å². The second-order valence-electron chi connectivity index (χ2n) is 5.10. The summed E-state index contributed by atoms with van der Waals surface area (Å²) in [4.78, 5) is 0. The Balaban J connectivity index is 4.60. The van der Waals surface area contributed by atoms with E-state index < -0.39 is 0 Å². The normalized spacial score (nSPS) is 16.7. The van der Waals surface area contributed by atoms with Crippen LogP contribution in [0.4, 0.5) is 0 Å². The van der Waals surface area contributed by atoms with Crippen LogP contribution in [0, 0.1) is 10.8 Å². The lowest BCUT2D eigenvalue weighted by Crippen LogP contribution is -2.47. The Morgan fingerprint density at radius 3 is 2.00 bits per heavy atom. The van der Waals surface area contributed by atoms with E-state index in [4.69, 9.17) is 4.74 Å². The van der Waals surface area contributed by atoms with Gasteiger partial charge in [0.2, 0.25) is 0 Å². The fourth-order valence-electron chi connectivity index (χ4n) is 1.93. The summed E-state index contributed by atoms with van der Waals surface area (Å²) in [5, 5.41) is 3.45. The monoisotopic (exact) mass is 201 g/mol. The fourth-order valence-corrected chi connectivity index (χ4v) is 1.93. The maximum Gasteiger partial charge on any atom is 0.0535 e. The molecule has 1 N–H and O–H groups in total. The minimum absolute atomic E-state index is 0.248. The lowest BCUT2D eigenvalue weighted by atomic mass is 9.65. The molecule has 0 fully saturated rings. The molecule has 0 amide bonds. The number of methoxy groups -OCH3 is 1. The summed E-state index contributed by atoms with van der Waals surface area (Å²) < 4.78 is 5.38. The van der Waals surface area contributed by atoms with Crippen LogP contribution in [0.5, 0.6) is 0 Å². The van der Waals surface area contributed by atoms with Crippen molar-refractivity contribution in [2.75, 3.05) is 26.8 Å². The lowest BCUT2D eigenvalue weighted by Gasteiger charge is -2.44. The fraction of sp³-hybridized carbons (Fsp3) is 1.00. The van der Waals surface area contributed by atoms with Crippen molar-refractivity contribution in [1.82, 2.24) is 5.32 Å². The summed E-state index contributed by atoms with van der Waals surface area (Å²) in [6.45, 7) is 14.2. The van der Waals surface area contributed by atoms with E-state index in [1.165, 1.54) is 0 Å². The summed E-state index contributed by atoms with van der Waals surface area (Å²) in [5.41, 5.74) is 0.525. The van der Waals surface area contributed by atoms with E-state index in [0.717, 1.165) is 26.1 Å². The van der Waals surface area contributed by atoms with Gasteiger partial charge in [-0.3, -0.25) is 0 Å². The van der Waals surface area contributed by atoms with Crippen molar-refractivity contribution in [2.45, 2.75) is 41.0 Å². The van der Waals surface area contributed by atoms with Crippen LogP contribution < -0.4 is 5.32 Å². The molecule has 0 aromatic heterocycles. The summed E-state index contributed by atoms with van der Waals surface area (Å²) in [7, 11) is 1.79. The van der Waals surface area contributed by atoms with Crippen molar-refractivity contribution < 1.29 is 4.74 Å². The largest absolute Gasteiger partial charge is 0.384 e. The van der Waals surface area contributed by atoms with Crippen LogP contribution in [0.1, 0.15) is 41.0 Å². The Kier molecular flexibility index (Phi) is 5.68. The molecule has 0 rings (SSSR count). The van der Waals surface area contributed by atoms with Gasteiger partial charge in [0.1, 0.15) is 0 Å². The Hall–Kier alpha value is -0.0800. The van der Waals surface area contributed by atoms with Crippen LogP contribution >= 0.6 is 0 Å². The van der Waals surface area contributed by atoms with Gasteiger partial charge < -0.3 is 10.1 Å². The molecule has 0 bridgehead atoms. The van der Waals surface area contributed by atoms with Crippen molar-refractivity contribution in [2.24, 2.45) is 10.8 Å². The highest BCUT2D eigenvalue weighted by atomic mass is 16.5. The van der Waals surface area contributed by atoms with E-state index in [0.29, 0.717) is 0 Å². The highest BCUT2D eigenvalue weighted by Gasteiger charge is 2.39. The third kappa shape index (κ3) is 3.25. The smallest absolute Gasteiger partial charge is 0.0535 e. The first kappa shape index (κ1) is 13.9. The molecular formula is C12H27NO. The first-order chi connectivity index (χ1) is 6.43. The Morgan fingerprint density at radius 1 is 1.14 bits per heavy atom. The molecule has 2 heteroatoms. The molecule has 2 nitrogen and oxygen atoms in total. The zero-order valence-corrected chi connectivity index (χ0v) is 10.7. The van der Waals surface area contributed by atoms with Gasteiger partial charge in [0.25, 0.3) is 0 Å². The summed E-state index contributed by atoms with van der Waals surface area (Å²) in [6, 6.07) is 0. The summed E-state index contributed by atoms with van der Waals surface area (Å²) in [6.07, 6.45) is 1.15. The number of hydrogen-bond acceptors (Lipinski definition) is 2. The number of nitrogens with one attached hydrogen (secondary N) is 1. The highest BCUT2D eigenvalue weighted by Crippen LogP contribution is 2.41. The summed E-state index contributed by atoms with van der Waals surface area (Å²) in [5.74, 6) is 0. The minimum Gasteiger partial charge on any atom is -0.384 e. The molecule has 0 spiro atoms. The molecule has 1 atom stereocenters. The first-order valence-electron chi connectivity index (χ1n) is 5.63. The highest BCUT2D eigenvalue weighted by molar-refractivity contribution is 4.91. The molecule has 0 aliphatic carbocycles. The third-order valence-electron chi connectivity index (χ3n) is 3.40. The van der Waals surface area contributed by atoms with Gasteiger partial charge in [0, 0.05) is 19.1 Å². The Labute approximate surface area is 89.4 Å². The Morgan fingerprint density at radius 2 is 1.71 bits per heavy atom. The zero-order chi connectivity index (χ0) is 11.2. The van der Waals surface area contributed by atoms with E-state index in [-0.39, 0.29) is 10.8 Å². The van der Waals surface area contributed by atoms with Crippen LogP contribution in [-0.2, 0) is 4.74 Å². The molecule has 0 saturated carbocycles. The summed E-state index contributed by atoms with van der Waals surface area (Å²) >= 11 is 0. The maximum atomic E-state index is 5.38. The van der Waals surface area contributed by atoms with Crippen LogP contribution in [0.2, 0.25) is 0 Å². The van der Waals surface area contributed by atoms with Gasteiger partial charge in [-0.25, -0.2) is 0 Å². The van der Waals surface area contributed by atoms with Gasteiger partial charge in [-0.1, -0.05) is 34.6 Å². The molecule has 0 aliphatic heterocycles. The molecule has 0 aliphatic rings. The second-order valence-corrected chi connectivity index (χ2v) is 5.10. The van der Waals surface area contributed by atoms with Gasteiger partial charge in [-0.05, 0) is 18.4 Å². The SMILES string of the molecule is CCNCC(CC)(COC)C(C)(C)C. The van der Waals surface area contributed by atoms with Crippen LogP contribution in [0.25, 0.3) is 0 Å². The van der Waals surface area contributed by atoms with Crippen molar-refractivity contribution in [3.63, 3.8) is 0 Å². The standard InChI is InChI=1S/C12H27NO/c1-7-12(10-14-6,9-13-8-2)11(3,4)5/h13H,7-10H2,1-6H3. The van der Waals surface area contributed by atoms with E-state index in [1.54, 1.807) is 7.11 Å². The number of hydrogen-bond donors (Lipinski definition) is 1. The van der Waals surface area contributed by atoms with Crippen LogP contribution in [0.15, 0.2) is 0 Å². The third-order valence-corrected chi connectivity index (χ3v) is 3.40. The molecule has 0 aromatic rings. The van der Waals surface area contributed by atoms with Gasteiger partial charge in [0.05, 0.1) is 6.61 Å². The van der Waals surface area contributed by atoms with Gasteiger partial charge in [0.15, 0.2) is 0 Å². The van der Waals surface area contributed by atoms with Crippen LogP contribution in [0.3, 0.4) is 0 Å². The van der Waals surface area contributed by atoms with E-state index in [1.807, 2.05) is 0 Å². The topological polar surface area (TPSA) is 21.3 Å². The molecule has 0 saturated heterocycles. The zero-order valence-electron chi connectivity index (χ0n) is 10.7. The number of rotatable bonds is 6.